The van der Waals surface area contributed by atoms with Crippen LogP contribution in [0.3, 0.4) is 0 Å². The minimum absolute atomic E-state index is 0.0747. The van der Waals surface area contributed by atoms with Crippen molar-refractivity contribution in [3.05, 3.63) is 24.3 Å². The van der Waals surface area contributed by atoms with E-state index in [1.54, 1.807) is 29.2 Å². The minimum atomic E-state index is -0.567. The second-order valence-electron chi connectivity index (χ2n) is 4.60. The summed E-state index contributed by atoms with van der Waals surface area (Å²) in [5.41, 5.74) is 12.1. The predicted molar refractivity (Wildman–Crippen MR) is 74.9 cm³/mol. The third-order valence-corrected chi connectivity index (χ3v) is 3.15. The number of ether oxygens (including phenoxy) is 1. The van der Waals surface area contributed by atoms with Gasteiger partial charge in [0.15, 0.2) is 0 Å². The largest absolute Gasteiger partial charge is 0.397 e. The van der Waals surface area contributed by atoms with Crippen LogP contribution in [0.5, 0.6) is 0 Å². The first-order chi connectivity index (χ1) is 9.58. The van der Waals surface area contributed by atoms with E-state index < -0.39 is 11.9 Å². The van der Waals surface area contributed by atoms with Crippen LogP contribution in [0.4, 0.5) is 11.4 Å². The second-order valence-corrected chi connectivity index (χ2v) is 4.60. The summed E-state index contributed by atoms with van der Waals surface area (Å²) in [4.78, 5) is 25.0. The lowest BCUT2D eigenvalue weighted by Crippen LogP contribution is -2.54. The number of nitrogen functional groups attached to an aromatic ring is 1. The van der Waals surface area contributed by atoms with Crippen LogP contribution in [-0.4, -0.2) is 49.1 Å². The van der Waals surface area contributed by atoms with Crippen molar-refractivity contribution in [2.75, 3.05) is 37.4 Å². The molecule has 7 heteroatoms. The smallest absolute Gasteiger partial charge is 0.238 e. The van der Waals surface area contributed by atoms with Gasteiger partial charge in [-0.05, 0) is 12.1 Å². The fourth-order valence-corrected chi connectivity index (χ4v) is 2.07. The van der Waals surface area contributed by atoms with Gasteiger partial charge >= 0.3 is 0 Å². The Kier molecular flexibility index (Phi) is 4.54. The van der Waals surface area contributed by atoms with Gasteiger partial charge in [-0.15, -0.1) is 0 Å². The molecule has 1 fully saturated rings. The Bertz CT molecular complexity index is 506. The maximum Gasteiger partial charge on any atom is 0.238 e. The van der Waals surface area contributed by atoms with E-state index in [1.807, 2.05) is 0 Å². The van der Waals surface area contributed by atoms with E-state index in [0.29, 0.717) is 24.5 Å². The van der Waals surface area contributed by atoms with Gasteiger partial charge in [0.1, 0.15) is 6.04 Å². The monoisotopic (exact) mass is 278 g/mol. The van der Waals surface area contributed by atoms with Crippen molar-refractivity contribution in [3.63, 3.8) is 0 Å². The van der Waals surface area contributed by atoms with Crippen LogP contribution in [0.25, 0.3) is 0 Å². The molecule has 1 aliphatic heterocycles. The highest BCUT2D eigenvalue weighted by Gasteiger charge is 2.29. The highest BCUT2D eigenvalue weighted by molar-refractivity contribution is 5.95. The highest BCUT2D eigenvalue weighted by Crippen LogP contribution is 2.16. The van der Waals surface area contributed by atoms with Gasteiger partial charge in [-0.3, -0.25) is 14.5 Å². The van der Waals surface area contributed by atoms with Gasteiger partial charge in [-0.25, -0.2) is 0 Å². The number of nitrogens with one attached hydrogen (secondary N) is 1. The van der Waals surface area contributed by atoms with Gasteiger partial charge in [0, 0.05) is 6.54 Å². The van der Waals surface area contributed by atoms with Gasteiger partial charge in [-0.1, -0.05) is 12.1 Å². The topological polar surface area (TPSA) is 111 Å². The molecular formula is C13H18N4O3. The minimum Gasteiger partial charge on any atom is -0.397 e. The summed E-state index contributed by atoms with van der Waals surface area (Å²) < 4.78 is 5.20. The molecule has 1 saturated heterocycles. The van der Waals surface area contributed by atoms with Gasteiger partial charge < -0.3 is 21.5 Å². The Morgan fingerprint density at radius 1 is 1.40 bits per heavy atom. The number of rotatable bonds is 4. The van der Waals surface area contributed by atoms with Crippen LogP contribution >= 0.6 is 0 Å². The number of hydrogen-bond acceptors (Lipinski definition) is 5. The van der Waals surface area contributed by atoms with Crippen molar-refractivity contribution in [1.29, 1.82) is 0 Å². The zero-order chi connectivity index (χ0) is 14.5. The molecule has 0 radical (unpaired) electrons. The highest BCUT2D eigenvalue weighted by atomic mass is 16.5. The summed E-state index contributed by atoms with van der Waals surface area (Å²) in [6.07, 6.45) is 0. The molecule has 1 aliphatic rings. The third-order valence-electron chi connectivity index (χ3n) is 3.15. The van der Waals surface area contributed by atoms with Crippen LogP contribution < -0.4 is 16.8 Å². The van der Waals surface area contributed by atoms with Crippen molar-refractivity contribution in [1.82, 2.24) is 4.90 Å². The number of benzene rings is 1. The van der Waals surface area contributed by atoms with Gasteiger partial charge in [0.05, 0.1) is 31.1 Å². The van der Waals surface area contributed by atoms with E-state index >= 15 is 0 Å². The normalized spacial score (nSPS) is 19.5. The molecule has 1 heterocycles. The fourth-order valence-electron chi connectivity index (χ4n) is 2.07. The molecule has 5 N–H and O–H groups in total. The molecule has 0 aromatic heterocycles. The lowest BCUT2D eigenvalue weighted by Gasteiger charge is -2.32. The summed E-state index contributed by atoms with van der Waals surface area (Å²) in [6.45, 7) is 1.26. The molecule has 1 aromatic carbocycles. The lowest BCUT2D eigenvalue weighted by molar-refractivity contribution is -0.131. The average molecular weight is 278 g/mol. The number of hydrogen-bond donors (Lipinski definition) is 3. The number of carbonyl (C=O) groups is 2. The Hall–Kier alpha value is -2.12. The molecule has 7 nitrogen and oxygen atoms in total. The predicted octanol–water partition coefficient (Wildman–Crippen LogP) is -0.607. The number of primary amides is 1. The number of morpholine rings is 1. The Balaban J connectivity index is 1.96. The molecule has 0 spiro atoms. The SMILES string of the molecule is NC(=O)C1COCCN1CC(=O)Nc1ccccc1N. The van der Waals surface area contributed by atoms with Crippen molar-refractivity contribution in [2.24, 2.45) is 5.73 Å². The zero-order valence-corrected chi connectivity index (χ0v) is 11.0. The van der Waals surface area contributed by atoms with Gasteiger partial charge in [-0.2, -0.15) is 0 Å². The van der Waals surface area contributed by atoms with E-state index in [-0.39, 0.29) is 19.1 Å². The molecule has 20 heavy (non-hydrogen) atoms. The quantitative estimate of drug-likeness (QED) is 0.636. The third kappa shape index (κ3) is 3.46. The van der Waals surface area contributed by atoms with Crippen LogP contribution in [0, 0.1) is 0 Å². The van der Waals surface area contributed by atoms with Gasteiger partial charge in [0.2, 0.25) is 11.8 Å². The number of nitrogens with zero attached hydrogens (tertiary/aromatic N) is 1. The summed E-state index contributed by atoms with van der Waals surface area (Å²) in [6, 6.07) is 6.43. The zero-order valence-electron chi connectivity index (χ0n) is 11.0. The number of anilines is 2. The summed E-state index contributed by atoms with van der Waals surface area (Å²) in [5.74, 6) is -0.729. The first-order valence-corrected chi connectivity index (χ1v) is 6.33. The molecular weight excluding hydrogens is 260 g/mol. The van der Waals surface area contributed by atoms with Crippen LogP contribution in [0.15, 0.2) is 24.3 Å². The Labute approximate surface area is 116 Å². The fraction of sp³-hybridized carbons (Fsp3) is 0.385. The molecule has 1 aromatic rings. The van der Waals surface area contributed by atoms with Crippen LogP contribution in [0.2, 0.25) is 0 Å². The van der Waals surface area contributed by atoms with Crippen molar-refractivity contribution in [2.45, 2.75) is 6.04 Å². The van der Waals surface area contributed by atoms with Crippen molar-refractivity contribution in [3.8, 4) is 0 Å². The van der Waals surface area contributed by atoms with Crippen molar-refractivity contribution < 1.29 is 14.3 Å². The van der Waals surface area contributed by atoms with E-state index in [4.69, 9.17) is 16.2 Å². The molecule has 0 aliphatic carbocycles. The molecule has 2 amide bonds. The standard InChI is InChI=1S/C13H18N4O3/c14-9-3-1-2-4-10(9)16-12(18)7-17-5-6-20-8-11(17)13(15)19/h1-4,11H,5-8,14H2,(H2,15,19)(H,16,18). The Morgan fingerprint density at radius 2 is 2.15 bits per heavy atom. The molecule has 0 bridgehead atoms. The van der Waals surface area contributed by atoms with E-state index in [9.17, 15) is 9.59 Å². The molecule has 2 rings (SSSR count). The number of amides is 2. The number of para-hydroxylation sites is 2. The summed E-state index contributed by atoms with van der Waals surface area (Å²) in [7, 11) is 0. The maximum absolute atomic E-state index is 12.0. The Morgan fingerprint density at radius 3 is 2.85 bits per heavy atom. The van der Waals surface area contributed by atoms with Crippen molar-refractivity contribution >= 4 is 23.2 Å². The first kappa shape index (κ1) is 14.3. The molecule has 0 saturated carbocycles. The second kappa shape index (κ2) is 6.36. The van der Waals surface area contributed by atoms with Crippen LogP contribution in [-0.2, 0) is 14.3 Å². The maximum atomic E-state index is 12.0. The number of carbonyl (C=O) groups excluding carboxylic acids is 2. The number of nitrogens with two attached hydrogens (primary N) is 2. The average Bonchev–Trinajstić information content (AvgIpc) is 2.41. The summed E-state index contributed by atoms with van der Waals surface area (Å²) in [5, 5.41) is 2.72. The van der Waals surface area contributed by atoms with E-state index in [0.717, 1.165) is 0 Å². The van der Waals surface area contributed by atoms with Crippen LogP contribution in [0.1, 0.15) is 0 Å². The first-order valence-electron chi connectivity index (χ1n) is 6.33. The lowest BCUT2D eigenvalue weighted by atomic mass is 10.2. The molecule has 108 valence electrons. The molecule has 1 atom stereocenters. The van der Waals surface area contributed by atoms with Gasteiger partial charge in [0.25, 0.3) is 0 Å². The summed E-state index contributed by atoms with van der Waals surface area (Å²) >= 11 is 0. The van der Waals surface area contributed by atoms with E-state index in [1.165, 1.54) is 0 Å². The molecule has 1 unspecified atom stereocenters. The van der Waals surface area contributed by atoms with E-state index in [2.05, 4.69) is 5.32 Å².